The van der Waals surface area contributed by atoms with E-state index in [-0.39, 0.29) is 12.2 Å². The number of carbonyl (C=O) groups excluding carboxylic acids is 2. The van der Waals surface area contributed by atoms with Crippen LogP contribution < -0.4 is 15.8 Å². The van der Waals surface area contributed by atoms with Gasteiger partial charge in [-0.3, -0.25) is 9.59 Å². The fourth-order valence-corrected chi connectivity index (χ4v) is 2.12. The van der Waals surface area contributed by atoms with Crippen LogP contribution in [0.5, 0.6) is 5.75 Å². The van der Waals surface area contributed by atoms with Gasteiger partial charge in [-0.2, -0.15) is 5.26 Å². The molecule has 0 saturated carbocycles. The number of nitrogens with zero attached hydrogens (tertiary/aromatic N) is 1. The highest BCUT2D eigenvalue weighted by molar-refractivity contribution is 6.31. The number of benzene rings is 2. The van der Waals surface area contributed by atoms with Crippen LogP contribution in [0.15, 0.2) is 54.1 Å². The summed E-state index contributed by atoms with van der Waals surface area (Å²) in [6, 6.07) is 15.1. The van der Waals surface area contributed by atoms with Gasteiger partial charge >= 0.3 is 0 Å². The first kappa shape index (κ1) is 18.0. The molecule has 2 amide bonds. The summed E-state index contributed by atoms with van der Waals surface area (Å²) in [5.74, 6) is -0.757. The van der Waals surface area contributed by atoms with Crippen LogP contribution in [-0.4, -0.2) is 18.4 Å². The molecule has 7 heteroatoms. The molecule has 0 radical (unpaired) electrons. The normalized spacial score (nSPS) is 10.6. The topological polar surface area (TPSA) is 105 Å². The van der Waals surface area contributed by atoms with Gasteiger partial charge in [0.25, 0.3) is 11.8 Å². The number of amides is 2. The van der Waals surface area contributed by atoms with Crippen molar-refractivity contribution in [2.24, 2.45) is 5.73 Å². The summed E-state index contributed by atoms with van der Waals surface area (Å²) in [6.45, 7) is -0.256. The molecule has 0 aliphatic heterocycles. The van der Waals surface area contributed by atoms with Crippen LogP contribution >= 0.6 is 11.6 Å². The highest BCUT2D eigenvalue weighted by atomic mass is 35.5. The van der Waals surface area contributed by atoms with Crippen LogP contribution in [0.1, 0.15) is 5.56 Å². The van der Waals surface area contributed by atoms with Gasteiger partial charge in [0.1, 0.15) is 17.4 Å². The molecule has 0 saturated heterocycles. The second kappa shape index (κ2) is 8.52. The Kier molecular flexibility index (Phi) is 6.15. The third kappa shape index (κ3) is 5.68. The fourth-order valence-electron chi connectivity index (χ4n) is 1.93. The van der Waals surface area contributed by atoms with Gasteiger partial charge in [-0.15, -0.1) is 0 Å². The van der Waals surface area contributed by atoms with Crippen molar-refractivity contribution in [3.63, 3.8) is 0 Å². The average molecular weight is 356 g/mol. The summed E-state index contributed by atoms with van der Waals surface area (Å²) in [5.41, 5.74) is 5.99. The monoisotopic (exact) mass is 355 g/mol. The van der Waals surface area contributed by atoms with Crippen LogP contribution in [0.4, 0.5) is 5.69 Å². The molecule has 2 aromatic carbocycles. The Morgan fingerprint density at radius 1 is 1.24 bits per heavy atom. The lowest BCUT2D eigenvalue weighted by molar-refractivity contribution is -0.120. The molecule has 0 aliphatic rings. The second-order valence-electron chi connectivity index (χ2n) is 4.96. The summed E-state index contributed by atoms with van der Waals surface area (Å²) in [6.07, 6.45) is 1.41. The van der Waals surface area contributed by atoms with Crippen LogP contribution in [-0.2, 0) is 9.59 Å². The summed E-state index contributed by atoms with van der Waals surface area (Å²) in [7, 11) is 0. The molecule has 0 atom stereocenters. The van der Waals surface area contributed by atoms with E-state index in [1.807, 2.05) is 6.07 Å². The number of halogens is 1. The number of carbonyl (C=O) groups is 2. The SMILES string of the molecule is N#C/C(=C/c1cccc(OCC(N)=O)c1)C(=O)Nc1cccc(Cl)c1. The minimum atomic E-state index is -0.598. The van der Waals surface area contributed by atoms with Crippen molar-refractivity contribution in [3.8, 4) is 11.8 Å². The van der Waals surface area contributed by atoms with Crippen LogP contribution in [0.25, 0.3) is 6.08 Å². The van der Waals surface area contributed by atoms with Crippen molar-refractivity contribution in [2.45, 2.75) is 0 Å². The highest BCUT2D eigenvalue weighted by Gasteiger charge is 2.10. The maximum atomic E-state index is 12.2. The quantitative estimate of drug-likeness (QED) is 0.613. The van der Waals surface area contributed by atoms with Gasteiger partial charge in [-0.1, -0.05) is 29.8 Å². The molecule has 2 aromatic rings. The summed E-state index contributed by atoms with van der Waals surface area (Å²) in [4.78, 5) is 23.0. The van der Waals surface area contributed by atoms with E-state index in [0.29, 0.717) is 22.0 Å². The second-order valence-corrected chi connectivity index (χ2v) is 5.40. The van der Waals surface area contributed by atoms with E-state index in [0.717, 1.165) is 0 Å². The zero-order valence-corrected chi connectivity index (χ0v) is 13.8. The average Bonchev–Trinajstić information content (AvgIpc) is 2.58. The smallest absolute Gasteiger partial charge is 0.266 e. The first-order chi connectivity index (χ1) is 12.0. The van der Waals surface area contributed by atoms with Gasteiger partial charge < -0.3 is 15.8 Å². The number of primary amides is 1. The van der Waals surface area contributed by atoms with E-state index in [2.05, 4.69) is 5.32 Å². The third-order valence-electron chi connectivity index (χ3n) is 3.00. The van der Waals surface area contributed by atoms with E-state index in [1.54, 1.807) is 48.5 Å². The Labute approximate surface area is 149 Å². The molecular formula is C18H14ClN3O3. The molecule has 0 aliphatic carbocycles. The van der Waals surface area contributed by atoms with Crippen molar-refractivity contribution >= 4 is 35.2 Å². The number of rotatable bonds is 6. The molecule has 6 nitrogen and oxygen atoms in total. The summed E-state index contributed by atoms with van der Waals surface area (Å²) >= 11 is 5.86. The molecule has 126 valence electrons. The van der Waals surface area contributed by atoms with Crippen molar-refractivity contribution in [1.82, 2.24) is 0 Å². The lowest BCUT2D eigenvalue weighted by Gasteiger charge is -2.06. The number of nitrogens with one attached hydrogen (secondary N) is 1. The Hall–Kier alpha value is -3.30. The van der Waals surface area contributed by atoms with Crippen LogP contribution in [0.2, 0.25) is 5.02 Å². The van der Waals surface area contributed by atoms with Gasteiger partial charge in [-0.05, 0) is 42.0 Å². The predicted octanol–water partition coefficient (Wildman–Crippen LogP) is 2.75. The maximum Gasteiger partial charge on any atom is 0.266 e. The molecule has 0 heterocycles. The molecule has 0 spiro atoms. The zero-order chi connectivity index (χ0) is 18.2. The van der Waals surface area contributed by atoms with E-state index < -0.39 is 11.8 Å². The Morgan fingerprint density at radius 2 is 2.00 bits per heavy atom. The van der Waals surface area contributed by atoms with E-state index in [4.69, 9.17) is 22.1 Å². The molecule has 0 bridgehead atoms. The molecule has 0 aromatic heterocycles. The minimum Gasteiger partial charge on any atom is -0.484 e. The standard InChI is InChI=1S/C18H14ClN3O3/c19-14-4-2-5-15(9-14)22-18(24)13(10-20)7-12-3-1-6-16(8-12)25-11-17(21)23/h1-9H,11H2,(H2,21,23)(H,22,24)/b13-7-. The van der Waals surface area contributed by atoms with Crippen molar-refractivity contribution < 1.29 is 14.3 Å². The lowest BCUT2D eigenvalue weighted by atomic mass is 10.1. The lowest BCUT2D eigenvalue weighted by Crippen LogP contribution is -2.20. The highest BCUT2D eigenvalue weighted by Crippen LogP contribution is 2.18. The number of hydrogen-bond acceptors (Lipinski definition) is 4. The molecular weight excluding hydrogens is 342 g/mol. The van der Waals surface area contributed by atoms with E-state index >= 15 is 0 Å². The van der Waals surface area contributed by atoms with E-state index in [1.165, 1.54) is 6.08 Å². The van der Waals surface area contributed by atoms with E-state index in [9.17, 15) is 14.9 Å². The maximum absolute atomic E-state index is 12.2. The molecule has 0 fully saturated rings. The number of nitrogens with two attached hydrogens (primary N) is 1. The van der Waals surface area contributed by atoms with Gasteiger partial charge in [0.15, 0.2) is 6.61 Å². The Morgan fingerprint density at radius 3 is 2.68 bits per heavy atom. The summed E-state index contributed by atoms with van der Waals surface area (Å²) < 4.78 is 5.19. The van der Waals surface area contributed by atoms with Gasteiger partial charge in [0.2, 0.25) is 0 Å². The van der Waals surface area contributed by atoms with Gasteiger partial charge in [-0.25, -0.2) is 0 Å². The first-order valence-corrected chi connectivity index (χ1v) is 7.55. The number of nitriles is 1. The first-order valence-electron chi connectivity index (χ1n) is 7.18. The zero-order valence-electron chi connectivity index (χ0n) is 13.0. The predicted molar refractivity (Wildman–Crippen MR) is 94.8 cm³/mol. The largest absolute Gasteiger partial charge is 0.484 e. The van der Waals surface area contributed by atoms with Crippen molar-refractivity contribution in [2.75, 3.05) is 11.9 Å². The Balaban J connectivity index is 2.16. The number of hydrogen-bond donors (Lipinski definition) is 2. The Bertz CT molecular complexity index is 872. The van der Waals surface area contributed by atoms with Crippen molar-refractivity contribution in [3.05, 3.63) is 64.7 Å². The van der Waals surface area contributed by atoms with Crippen LogP contribution in [0.3, 0.4) is 0 Å². The molecule has 2 rings (SSSR count). The fraction of sp³-hybridized carbons (Fsp3) is 0.0556. The van der Waals surface area contributed by atoms with Crippen LogP contribution in [0, 0.1) is 11.3 Å². The molecule has 3 N–H and O–H groups in total. The molecule has 25 heavy (non-hydrogen) atoms. The number of anilines is 1. The van der Waals surface area contributed by atoms with Crippen molar-refractivity contribution in [1.29, 1.82) is 5.26 Å². The minimum absolute atomic E-state index is 0.0907. The third-order valence-corrected chi connectivity index (χ3v) is 3.23. The van der Waals surface area contributed by atoms with Gasteiger partial charge in [0, 0.05) is 10.7 Å². The number of ether oxygens (including phenoxy) is 1. The summed E-state index contributed by atoms with van der Waals surface area (Å²) in [5, 5.41) is 12.3. The molecule has 0 unspecified atom stereocenters. The van der Waals surface area contributed by atoms with Gasteiger partial charge in [0.05, 0.1) is 0 Å².